The van der Waals surface area contributed by atoms with Gasteiger partial charge in [-0.1, -0.05) is 22.0 Å². The molecular weight excluding hydrogens is 420 g/mol. The molecule has 0 unspecified atom stereocenters. The number of hydrogen-bond acceptors (Lipinski definition) is 9. The Bertz CT molecular complexity index is 683. The normalized spacial score (nSPS) is 11.5. The van der Waals surface area contributed by atoms with Crippen molar-refractivity contribution in [3.8, 4) is 0 Å². The lowest BCUT2D eigenvalue weighted by molar-refractivity contribution is -0.216. The van der Waals surface area contributed by atoms with Crippen molar-refractivity contribution in [3.05, 3.63) is 35.4 Å². The molecule has 0 heterocycles. The SMILES string of the molecule is Cc1ccc(C(=O)NCCNCCOCCOCCOCCOOS(=O)(=O)O)cc1. The van der Waals surface area contributed by atoms with Gasteiger partial charge in [0.1, 0.15) is 6.61 Å². The quantitative estimate of drug-likeness (QED) is 0.122. The van der Waals surface area contributed by atoms with E-state index < -0.39 is 10.4 Å². The third kappa shape index (κ3) is 15.2. The van der Waals surface area contributed by atoms with Crippen LogP contribution in [0.2, 0.25) is 0 Å². The molecule has 0 fully saturated rings. The van der Waals surface area contributed by atoms with E-state index in [1.165, 1.54) is 0 Å². The van der Waals surface area contributed by atoms with E-state index in [4.69, 9.17) is 18.8 Å². The topological polar surface area (TPSA) is 142 Å². The van der Waals surface area contributed by atoms with Gasteiger partial charge >= 0.3 is 10.4 Å². The zero-order chi connectivity index (χ0) is 22.1. The molecule has 30 heavy (non-hydrogen) atoms. The molecule has 0 saturated carbocycles. The summed E-state index contributed by atoms with van der Waals surface area (Å²) in [5, 5.41) is 6.02. The Kier molecular flexibility index (Phi) is 14.2. The van der Waals surface area contributed by atoms with Crippen molar-refractivity contribution in [1.82, 2.24) is 10.6 Å². The molecule has 11 nitrogen and oxygen atoms in total. The summed E-state index contributed by atoms with van der Waals surface area (Å²) >= 11 is 0. The lowest BCUT2D eigenvalue weighted by Gasteiger charge is -2.08. The second kappa shape index (κ2) is 16.1. The van der Waals surface area contributed by atoms with E-state index in [1.807, 2.05) is 19.1 Å². The van der Waals surface area contributed by atoms with Crippen LogP contribution in [0.5, 0.6) is 0 Å². The Morgan fingerprint density at radius 3 is 2.03 bits per heavy atom. The number of rotatable bonds is 18. The highest BCUT2D eigenvalue weighted by Crippen LogP contribution is 2.02. The predicted octanol–water partition coefficient (Wildman–Crippen LogP) is 0.115. The number of carbonyl (C=O) groups is 1. The molecule has 0 aliphatic heterocycles. The largest absolute Gasteiger partial charge is 0.424 e. The zero-order valence-corrected chi connectivity index (χ0v) is 17.8. The summed E-state index contributed by atoms with van der Waals surface area (Å²) in [5.74, 6) is -0.0897. The maximum absolute atomic E-state index is 11.9. The van der Waals surface area contributed by atoms with Gasteiger partial charge in [-0.15, -0.1) is 0 Å². The first kappa shape index (κ1) is 26.4. The summed E-state index contributed by atoms with van der Waals surface area (Å²) in [5.41, 5.74) is 1.76. The highest BCUT2D eigenvalue weighted by molar-refractivity contribution is 7.80. The number of hydrogen-bond donors (Lipinski definition) is 3. The van der Waals surface area contributed by atoms with E-state index in [0.717, 1.165) is 5.56 Å². The summed E-state index contributed by atoms with van der Waals surface area (Å²) in [4.78, 5) is 16.1. The molecule has 0 atom stereocenters. The van der Waals surface area contributed by atoms with Gasteiger partial charge in [-0.3, -0.25) is 9.35 Å². The first-order chi connectivity index (χ1) is 14.4. The molecule has 1 amide bonds. The maximum atomic E-state index is 11.9. The fraction of sp³-hybridized carbons (Fsp3) is 0.611. The summed E-state index contributed by atoms with van der Waals surface area (Å²) in [7, 11) is -4.60. The van der Waals surface area contributed by atoms with Crippen LogP contribution in [0.4, 0.5) is 0 Å². The fourth-order valence-corrected chi connectivity index (χ4v) is 2.26. The molecular formula is C18H30N2O9S. The van der Waals surface area contributed by atoms with Crippen LogP contribution < -0.4 is 10.6 Å². The minimum absolute atomic E-state index is 0.0897. The van der Waals surface area contributed by atoms with Gasteiger partial charge in [0.05, 0.1) is 39.6 Å². The van der Waals surface area contributed by atoms with Crippen LogP contribution >= 0.6 is 0 Å². The minimum Gasteiger partial charge on any atom is -0.378 e. The van der Waals surface area contributed by atoms with Crippen LogP contribution in [-0.2, 0) is 33.8 Å². The van der Waals surface area contributed by atoms with Crippen LogP contribution in [0.3, 0.4) is 0 Å². The van der Waals surface area contributed by atoms with Crippen LogP contribution in [0.1, 0.15) is 15.9 Å². The standard InChI is InChI=1S/C18H30N2O9S/c1-16-2-4-17(5-3-16)18(21)20-7-6-19-8-9-25-10-11-26-12-13-27-14-15-28-29-30(22,23)24/h2-5,19H,6-15H2,1H3,(H,20,21)(H,22,23,24). The van der Waals surface area contributed by atoms with Gasteiger partial charge in [-0.25, -0.2) is 4.89 Å². The maximum Gasteiger partial charge on any atom is 0.424 e. The monoisotopic (exact) mass is 450 g/mol. The first-order valence-corrected chi connectivity index (χ1v) is 10.8. The van der Waals surface area contributed by atoms with E-state index in [-0.39, 0.29) is 19.1 Å². The number of nitrogens with one attached hydrogen (secondary N) is 2. The van der Waals surface area contributed by atoms with Crippen molar-refractivity contribution in [3.63, 3.8) is 0 Å². The van der Waals surface area contributed by atoms with Gasteiger partial charge in [0.2, 0.25) is 0 Å². The summed E-state index contributed by atoms with van der Waals surface area (Å²) in [6, 6.07) is 7.42. The third-order valence-electron chi connectivity index (χ3n) is 3.51. The summed E-state index contributed by atoms with van der Waals surface area (Å²) < 4.78 is 48.0. The Balaban J connectivity index is 1.79. The van der Waals surface area contributed by atoms with E-state index in [1.54, 1.807) is 12.1 Å². The van der Waals surface area contributed by atoms with Crippen LogP contribution in [0, 0.1) is 6.92 Å². The van der Waals surface area contributed by atoms with Crippen molar-refractivity contribution < 1.29 is 41.2 Å². The minimum atomic E-state index is -4.60. The molecule has 1 rings (SSSR count). The Labute approximate surface area is 176 Å². The predicted molar refractivity (Wildman–Crippen MR) is 107 cm³/mol. The van der Waals surface area contributed by atoms with Gasteiger partial charge < -0.3 is 24.8 Å². The lowest BCUT2D eigenvalue weighted by Crippen LogP contribution is -2.33. The van der Waals surface area contributed by atoms with Crippen molar-refractivity contribution in [1.29, 1.82) is 0 Å². The van der Waals surface area contributed by atoms with Gasteiger partial charge in [0, 0.05) is 25.2 Å². The molecule has 1 aromatic rings. The molecule has 172 valence electrons. The van der Waals surface area contributed by atoms with E-state index in [0.29, 0.717) is 58.2 Å². The zero-order valence-electron chi connectivity index (χ0n) is 17.0. The van der Waals surface area contributed by atoms with Crippen molar-refractivity contribution in [2.75, 3.05) is 65.9 Å². The Morgan fingerprint density at radius 1 is 0.867 bits per heavy atom. The first-order valence-electron chi connectivity index (χ1n) is 9.46. The number of carbonyl (C=O) groups excluding carboxylic acids is 1. The van der Waals surface area contributed by atoms with Crippen LogP contribution in [-0.4, -0.2) is 84.8 Å². The number of benzene rings is 1. The van der Waals surface area contributed by atoms with E-state index >= 15 is 0 Å². The van der Waals surface area contributed by atoms with Gasteiger partial charge in [0.15, 0.2) is 0 Å². The molecule has 12 heteroatoms. The summed E-state index contributed by atoms with van der Waals surface area (Å²) in [6.45, 7) is 5.78. The third-order valence-corrected chi connectivity index (χ3v) is 3.78. The van der Waals surface area contributed by atoms with Gasteiger partial charge in [0.25, 0.3) is 5.91 Å². The number of ether oxygens (including phenoxy) is 3. The van der Waals surface area contributed by atoms with E-state index in [9.17, 15) is 13.2 Å². The molecule has 0 bridgehead atoms. The van der Waals surface area contributed by atoms with Gasteiger partial charge in [-0.2, -0.15) is 8.42 Å². The molecule has 0 radical (unpaired) electrons. The smallest absolute Gasteiger partial charge is 0.378 e. The molecule has 0 aliphatic carbocycles. The van der Waals surface area contributed by atoms with Crippen molar-refractivity contribution in [2.45, 2.75) is 6.92 Å². The van der Waals surface area contributed by atoms with Crippen molar-refractivity contribution in [2.24, 2.45) is 0 Å². The highest BCUT2D eigenvalue weighted by atomic mass is 32.3. The second-order valence-corrected chi connectivity index (χ2v) is 7.02. The molecule has 0 saturated heterocycles. The Hall–Kier alpha value is -1.64. The molecule has 0 aliphatic rings. The Morgan fingerprint density at radius 2 is 1.43 bits per heavy atom. The number of amides is 1. The van der Waals surface area contributed by atoms with Crippen LogP contribution in [0.25, 0.3) is 0 Å². The number of aryl methyl sites for hydroxylation is 1. The molecule has 1 aromatic carbocycles. The molecule has 0 spiro atoms. The fourth-order valence-electron chi connectivity index (χ4n) is 2.07. The van der Waals surface area contributed by atoms with Crippen molar-refractivity contribution >= 4 is 16.3 Å². The van der Waals surface area contributed by atoms with Gasteiger partial charge in [-0.05, 0) is 19.1 Å². The highest BCUT2D eigenvalue weighted by Gasteiger charge is 2.04. The molecule has 3 N–H and O–H groups in total. The summed E-state index contributed by atoms with van der Waals surface area (Å²) in [6.07, 6.45) is 0. The van der Waals surface area contributed by atoms with Crippen LogP contribution in [0.15, 0.2) is 24.3 Å². The molecule has 0 aromatic heterocycles. The average molecular weight is 451 g/mol. The lowest BCUT2D eigenvalue weighted by atomic mass is 10.1. The average Bonchev–Trinajstić information content (AvgIpc) is 2.69. The second-order valence-electron chi connectivity index (χ2n) is 6.03. The van der Waals surface area contributed by atoms with E-state index in [2.05, 4.69) is 19.9 Å².